The third-order valence-corrected chi connectivity index (χ3v) is 2.01. The molecule has 74 valence electrons. The Labute approximate surface area is 80.1 Å². The zero-order valence-electron chi connectivity index (χ0n) is 9.39. The number of hydrogen-bond acceptors (Lipinski definition) is 2. The van der Waals surface area contributed by atoms with Gasteiger partial charge in [-0.05, 0) is 34.6 Å². The molecule has 0 aliphatic heterocycles. The fourth-order valence-corrected chi connectivity index (χ4v) is 1.33. The van der Waals surface area contributed by atoms with Gasteiger partial charge in [0.15, 0.2) is 0 Å². The van der Waals surface area contributed by atoms with Crippen LogP contribution in [-0.4, -0.2) is 15.3 Å². The number of nitrogens with zero attached hydrogens (tertiary/aromatic N) is 2. The van der Waals surface area contributed by atoms with Crippen molar-refractivity contribution < 1.29 is 0 Å². The van der Waals surface area contributed by atoms with Gasteiger partial charge in [0.05, 0.1) is 17.1 Å². The summed E-state index contributed by atoms with van der Waals surface area (Å²) in [7, 11) is 1.97. The van der Waals surface area contributed by atoms with Crippen LogP contribution < -0.4 is 5.32 Å². The molecule has 1 heterocycles. The van der Waals surface area contributed by atoms with Gasteiger partial charge in [-0.15, -0.1) is 0 Å². The Balaban J connectivity index is 3.01. The standard InChI is InChI=1S/C10H19N3/c1-7-9(11-10(3,4)5)8(2)13(6)12-7/h11H,1-6H3. The number of aromatic nitrogens is 2. The highest BCUT2D eigenvalue weighted by Gasteiger charge is 2.15. The van der Waals surface area contributed by atoms with E-state index in [1.807, 2.05) is 18.7 Å². The first-order valence-corrected chi connectivity index (χ1v) is 4.59. The Bertz CT molecular complexity index is 305. The smallest absolute Gasteiger partial charge is 0.0828 e. The van der Waals surface area contributed by atoms with Crippen LogP contribution in [0.5, 0.6) is 0 Å². The van der Waals surface area contributed by atoms with Gasteiger partial charge in [0.2, 0.25) is 0 Å². The number of nitrogens with one attached hydrogen (secondary N) is 1. The van der Waals surface area contributed by atoms with Crippen molar-refractivity contribution in [3.8, 4) is 0 Å². The van der Waals surface area contributed by atoms with E-state index in [1.54, 1.807) is 0 Å². The lowest BCUT2D eigenvalue weighted by Crippen LogP contribution is -2.26. The molecule has 0 amide bonds. The van der Waals surface area contributed by atoms with Crippen LogP contribution in [0.4, 0.5) is 5.69 Å². The van der Waals surface area contributed by atoms with Crippen LogP contribution in [0.3, 0.4) is 0 Å². The first-order valence-electron chi connectivity index (χ1n) is 4.59. The van der Waals surface area contributed by atoms with E-state index in [0.29, 0.717) is 0 Å². The Morgan fingerprint density at radius 3 is 2.08 bits per heavy atom. The minimum Gasteiger partial charge on any atom is -0.377 e. The quantitative estimate of drug-likeness (QED) is 0.720. The van der Waals surface area contributed by atoms with Crippen molar-refractivity contribution in [2.45, 2.75) is 40.2 Å². The van der Waals surface area contributed by atoms with Gasteiger partial charge in [0.1, 0.15) is 0 Å². The Morgan fingerprint density at radius 1 is 1.23 bits per heavy atom. The zero-order chi connectivity index (χ0) is 10.2. The van der Waals surface area contributed by atoms with Crippen LogP contribution in [0.25, 0.3) is 0 Å². The lowest BCUT2D eigenvalue weighted by molar-refractivity contribution is 0.632. The molecular weight excluding hydrogens is 162 g/mol. The van der Waals surface area contributed by atoms with Gasteiger partial charge in [-0.25, -0.2) is 0 Å². The molecule has 0 aromatic carbocycles. The maximum atomic E-state index is 4.35. The summed E-state index contributed by atoms with van der Waals surface area (Å²) < 4.78 is 1.91. The molecule has 1 N–H and O–H groups in total. The first-order chi connectivity index (χ1) is 5.81. The average Bonchev–Trinajstić information content (AvgIpc) is 2.14. The molecule has 0 fully saturated rings. The molecular formula is C10H19N3. The van der Waals surface area contributed by atoms with E-state index in [0.717, 1.165) is 11.4 Å². The second kappa shape index (κ2) is 3.05. The first kappa shape index (κ1) is 10.1. The SMILES string of the molecule is Cc1nn(C)c(C)c1NC(C)(C)C. The fourth-order valence-electron chi connectivity index (χ4n) is 1.33. The van der Waals surface area contributed by atoms with E-state index in [1.165, 1.54) is 5.69 Å². The maximum absolute atomic E-state index is 4.35. The van der Waals surface area contributed by atoms with E-state index in [2.05, 4.69) is 38.1 Å². The van der Waals surface area contributed by atoms with Gasteiger partial charge in [0, 0.05) is 12.6 Å². The number of hydrogen-bond donors (Lipinski definition) is 1. The number of rotatable bonds is 1. The summed E-state index contributed by atoms with van der Waals surface area (Å²) in [4.78, 5) is 0. The molecule has 3 nitrogen and oxygen atoms in total. The van der Waals surface area contributed by atoms with Crippen LogP contribution in [0.15, 0.2) is 0 Å². The summed E-state index contributed by atoms with van der Waals surface area (Å²) in [6, 6.07) is 0. The van der Waals surface area contributed by atoms with E-state index >= 15 is 0 Å². The molecule has 0 radical (unpaired) electrons. The van der Waals surface area contributed by atoms with Crippen LogP contribution in [0, 0.1) is 13.8 Å². The molecule has 0 spiro atoms. The Morgan fingerprint density at radius 2 is 1.77 bits per heavy atom. The third-order valence-electron chi connectivity index (χ3n) is 2.01. The van der Waals surface area contributed by atoms with Gasteiger partial charge in [-0.3, -0.25) is 4.68 Å². The van der Waals surface area contributed by atoms with Gasteiger partial charge in [0.25, 0.3) is 0 Å². The molecule has 0 aliphatic rings. The largest absolute Gasteiger partial charge is 0.377 e. The van der Waals surface area contributed by atoms with Gasteiger partial charge >= 0.3 is 0 Å². The van der Waals surface area contributed by atoms with Crippen LogP contribution in [-0.2, 0) is 7.05 Å². The van der Waals surface area contributed by atoms with Gasteiger partial charge < -0.3 is 5.32 Å². The maximum Gasteiger partial charge on any atom is 0.0828 e. The topological polar surface area (TPSA) is 29.9 Å². The van der Waals surface area contributed by atoms with Crippen LogP contribution in [0.1, 0.15) is 32.2 Å². The highest BCUT2D eigenvalue weighted by Crippen LogP contribution is 2.22. The highest BCUT2D eigenvalue weighted by molar-refractivity contribution is 5.53. The van der Waals surface area contributed by atoms with E-state index in [9.17, 15) is 0 Å². The molecule has 1 aromatic heterocycles. The Hall–Kier alpha value is -0.990. The summed E-state index contributed by atoms with van der Waals surface area (Å²) in [5.41, 5.74) is 3.51. The van der Waals surface area contributed by atoms with Crippen molar-refractivity contribution in [3.05, 3.63) is 11.4 Å². The molecule has 0 saturated heterocycles. The molecule has 0 saturated carbocycles. The second-order valence-corrected chi connectivity index (χ2v) is 4.54. The Kier molecular flexibility index (Phi) is 2.37. The van der Waals surface area contributed by atoms with E-state index in [-0.39, 0.29) is 5.54 Å². The summed E-state index contributed by atoms with van der Waals surface area (Å²) >= 11 is 0. The number of aryl methyl sites for hydroxylation is 2. The normalized spacial score (nSPS) is 11.8. The van der Waals surface area contributed by atoms with Crippen molar-refractivity contribution in [1.82, 2.24) is 9.78 Å². The predicted octanol–water partition coefficient (Wildman–Crippen LogP) is 2.25. The minimum atomic E-state index is 0.0958. The van der Waals surface area contributed by atoms with Crippen LogP contribution >= 0.6 is 0 Å². The summed E-state index contributed by atoms with van der Waals surface area (Å²) in [6.07, 6.45) is 0. The molecule has 0 aliphatic carbocycles. The predicted molar refractivity (Wildman–Crippen MR) is 56.1 cm³/mol. The lowest BCUT2D eigenvalue weighted by atomic mass is 10.1. The minimum absolute atomic E-state index is 0.0958. The summed E-state index contributed by atoms with van der Waals surface area (Å²) in [5.74, 6) is 0. The molecule has 0 atom stereocenters. The van der Waals surface area contributed by atoms with E-state index in [4.69, 9.17) is 0 Å². The van der Waals surface area contributed by atoms with Gasteiger partial charge in [-0.2, -0.15) is 5.10 Å². The average molecular weight is 181 g/mol. The monoisotopic (exact) mass is 181 g/mol. The highest BCUT2D eigenvalue weighted by atomic mass is 15.3. The van der Waals surface area contributed by atoms with Crippen molar-refractivity contribution in [1.29, 1.82) is 0 Å². The molecule has 1 rings (SSSR count). The second-order valence-electron chi connectivity index (χ2n) is 4.54. The molecule has 1 aromatic rings. The molecule has 3 heteroatoms. The van der Waals surface area contributed by atoms with E-state index < -0.39 is 0 Å². The van der Waals surface area contributed by atoms with Crippen molar-refractivity contribution >= 4 is 5.69 Å². The fraction of sp³-hybridized carbons (Fsp3) is 0.700. The van der Waals surface area contributed by atoms with Crippen molar-refractivity contribution in [2.24, 2.45) is 7.05 Å². The zero-order valence-corrected chi connectivity index (χ0v) is 9.39. The lowest BCUT2D eigenvalue weighted by Gasteiger charge is -2.22. The molecule has 0 unspecified atom stereocenters. The number of anilines is 1. The third kappa shape index (κ3) is 2.23. The van der Waals surface area contributed by atoms with Crippen molar-refractivity contribution in [3.63, 3.8) is 0 Å². The van der Waals surface area contributed by atoms with Crippen LogP contribution in [0.2, 0.25) is 0 Å². The summed E-state index contributed by atoms with van der Waals surface area (Å²) in [6.45, 7) is 10.6. The summed E-state index contributed by atoms with van der Waals surface area (Å²) in [5, 5.41) is 7.80. The molecule has 0 bridgehead atoms. The molecule has 13 heavy (non-hydrogen) atoms. The van der Waals surface area contributed by atoms with Crippen molar-refractivity contribution in [2.75, 3.05) is 5.32 Å². The van der Waals surface area contributed by atoms with Gasteiger partial charge in [-0.1, -0.05) is 0 Å².